The molecule has 2 heterocycles. The number of aliphatic carboxylic acids is 2. The molecule has 0 bridgehead atoms. The standard InChI is InChI=1S/2C13H15N3O4/c14-9-3-1-2-7-8(9)6-16(13(7)20)10(12(15)19)4-5-11(17)18;14-9-3-1-2-7-8(9)6-16(12(7)18)10(13(19)20)4-5-11(15)17/h1-3,10H,4-6,14H2,(H2,15,19)(H,17,18);1-3,10H,4-6,14H2,(H2,15,17)(H,19,20). The molecule has 4 rings (SSSR count). The molecular formula is C26H30N6O8. The Morgan fingerprint density at radius 2 is 1.20 bits per heavy atom. The first-order valence-corrected chi connectivity index (χ1v) is 12.2. The number of carbonyl (C=O) groups is 6. The molecule has 0 radical (unpaired) electrons. The zero-order valence-corrected chi connectivity index (χ0v) is 21.4. The van der Waals surface area contributed by atoms with E-state index < -0.39 is 35.8 Å². The number of amides is 4. The lowest BCUT2D eigenvalue weighted by atomic mass is 10.1. The Bertz CT molecular complexity index is 1270. The first-order valence-electron chi connectivity index (χ1n) is 12.2. The summed E-state index contributed by atoms with van der Waals surface area (Å²) in [6, 6.07) is 7.86. The summed E-state index contributed by atoms with van der Waals surface area (Å²) in [6.45, 7) is 0.310. The Balaban J connectivity index is 0.000000220. The van der Waals surface area contributed by atoms with Gasteiger partial charge in [-0.1, -0.05) is 12.1 Å². The number of carboxylic acids is 2. The van der Waals surface area contributed by atoms with Crippen molar-refractivity contribution in [2.75, 3.05) is 11.5 Å². The number of anilines is 2. The number of nitrogens with two attached hydrogens (primary N) is 4. The van der Waals surface area contributed by atoms with Gasteiger partial charge in [-0.15, -0.1) is 0 Å². The third-order valence-electron chi connectivity index (χ3n) is 6.73. The quantitative estimate of drug-likeness (QED) is 0.212. The summed E-state index contributed by atoms with van der Waals surface area (Å²) in [6.07, 6.45) is -0.343. The van der Waals surface area contributed by atoms with Gasteiger partial charge in [0.05, 0.1) is 0 Å². The highest BCUT2D eigenvalue weighted by Gasteiger charge is 2.38. The molecule has 0 aliphatic carbocycles. The molecule has 40 heavy (non-hydrogen) atoms. The van der Waals surface area contributed by atoms with Crippen molar-refractivity contribution in [2.45, 2.75) is 50.9 Å². The van der Waals surface area contributed by atoms with Crippen LogP contribution >= 0.6 is 0 Å². The third-order valence-corrected chi connectivity index (χ3v) is 6.73. The van der Waals surface area contributed by atoms with E-state index in [0.717, 1.165) is 0 Å². The van der Waals surface area contributed by atoms with Crippen LogP contribution in [0.25, 0.3) is 0 Å². The zero-order valence-electron chi connectivity index (χ0n) is 21.4. The van der Waals surface area contributed by atoms with Crippen LogP contribution in [0.2, 0.25) is 0 Å². The third kappa shape index (κ3) is 6.28. The number of hydrogen-bond donors (Lipinski definition) is 6. The smallest absolute Gasteiger partial charge is 0.326 e. The first-order chi connectivity index (χ1) is 18.8. The number of nitrogens with zero attached hydrogens (tertiary/aromatic N) is 2. The fraction of sp³-hybridized carbons (Fsp3) is 0.308. The summed E-state index contributed by atoms with van der Waals surface area (Å²) < 4.78 is 0. The SMILES string of the molecule is NC(=O)C(CCC(=O)O)N1Cc2c(N)cccc2C1=O.NC(=O)CCC(C(=O)O)N1Cc2c(N)cccc2C1=O. The molecule has 2 atom stereocenters. The van der Waals surface area contributed by atoms with E-state index in [0.29, 0.717) is 33.6 Å². The molecule has 10 N–H and O–H groups in total. The van der Waals surface area contributed by atoms with Crippen LogP contribution in [-0.2, 0) is 32.3 Å². The first kappa shape index (κ1) is 29.4. The predicted octanol–water partition coefficient (Wildman–Crippen LogP) is -0.113. The number of carboxylic acid groups (broad SMARTS) is 2. The van der Waals surface area contributed by atoms with Crippen LogP contribution in [0.5, 0.6) is 0 Å². The van der Waals surface area contributed by atoms with Crippen molar-refractivity contribution >= 4 is 46.9 Å². The summed E-state index contributed by atoms with van der Waals surface area (Å²) in [4.78, 5) is 71.2. The zero-order chi connectivity index (χ0) is 29.7. The molecule has 0 saturated heterocycles. The van der Waals surface area contributed by atoms with Gasteiger partial charge in [-0.3, -0.25) is 24.0 Å². The van der Waals surface area contributed by atoms with Crippen molar-refractivity contribution in [1.29, 1.82) is 0 Å². The van der Waals surface area contributed by atoms with E-state index in [1.54, 1.807) is 36.4 Å². The Morgan fingerprint density at radius 3 is 1.57 bits per heavy atom. The molecule has 2 aromatic rings. The summed E-state index contributed by atoms with van der Waals surface area (Å²) >= 11 is 0. The molecule has 0 spiro atoms. The molecule has 14 heteroatoms. The minimum atomic E-state index is -1.16. The minimum Gasteiger partial charge on any atom is -0.481 e. The van der Waals surface area contributed by atoms with Crippen molar-refractivity contribution in [2.24, 2.45) is 11.5 Å². The van der Waals surface area contributed by atoms with Gasteiger partial charge in [0.1, 0.15) is 12.1 Å². The van der Waals surface area contributed by atoms with E-state index in [1.807, 2.05) is 0 Å². The highest BCUT2D eigenvalue weighted by molar-refractivity contribution is 6.03. The molecular weight excluding hydrogens is 524 g/mol. The largest absolute Gasteiger partial charge is 0.481 e. The molecule has 0 fully saturated rings. The van der Waals surface area contributed by atoms with Gasteiger partial charge in [0.25, 0.3) is 11.8 Å². The summed E-state index contributed by atoms with van der Waals surface area (Å²) in [5, 5.41) is 17.9. The Labute approximate surface area is 228 Å². The summed E-state index contributed by atoms with van der Waals surface area (Å²) in [5.74, 6) is -4.25. The van der Waals surface area contributed by atoms with Gasteiger partial charge in [-0.25, -0.2) is 4.79 Å². The number of fused-ring (bicyclic) bond motifs is 2. The molecule has 2 aromatic carbocycles. The number of carbonyl (C=O) groups excluding carboxylic acids is 4. The van der Waals surface area contributed by atoms with Crippen molar-refractivity contribution in [3.63, 3.8) is 0 Å². The minimum absolute atomic E-state index is 0.00962. The van der Waals surface area contributed by atoms with Crippen LogP contribution in [0.15, 0.2) is 36.4 Å². The Morgan fingerprint density at radius 1 is 0.750 bits per heavy atom. The number of benzene rings is 2. The van der Waals surface area contributed by atoms with Gasteiger partial charge in [0, 0.05) is 59.6 Å². The molecule has 0 saturated carbocycles. The second-order valence-corrected chi connectivity index (χ2v) is 9.32. The van der Waals surface area contributed by atoms with Gasteiger partial charge in [0.2, 0.25) is 11.8 Å². The Kier molecular flexibility index (Phi) is 8.93. The van der Waals surface area contributed by atoms with Crippen molar-refractivity contribution in [1.82, 2.24) is 9.80 Å². The molecule has 212 valence electrons. The van der Waals surface area contributed by atoms with Gasteiger partial charge in [-0.05, 0) is 37.1 Å². The molecule has 0 aromatic heterocycles. The van der Waals surface area contributed by atoms with E-state index in [9.17, 15) is 33.9 Å². The molecule has 14 nitrogen and oxygen atoms in total. The van der Waals surface area contributed by atoms with Crippen LogP contribution in [0.3, 0.4) is 0 Å². The second kappa shape index (κ2) is 12.1. The van der Waals surface area contributed by atoms with Crippen LogP contribution in [0.1, 0.15) is 57.5 Å². The van der Waals surface area contributed by atoms with E-state index in [-0.39, 0.29) is 50.6 Å². The molecule has 2 aliphatic rings. The van der Waals surface area contributed by atoms with Gasteiger partial charge < -0.3 is 42.9 Å². The highest BCUT2D eigenvalue weighted by atomic mass is 16.4. The summed E-state index contributed by atoms with van der Waals surface area (Å²) in [5.41, 5.74) is 25.0. The van der Waals surface area contributed by atoms with E-state index >= 15 is 0 Å². The van der Waals surface area contributed by atoms with Gasteiger partial charge >= 0.3 is 11.9 Å². The maximum Gasteiger partial charge on any atom is 0.326 e. The fourth-order valence-electron chi connectivity index (χ4n) is 4.66. The molecule has 4 amide bonds. The van der Waals surface area contributed by atoms with Crippen LogP contribution in [-0.4, -0.2) is 67.7 Å². The topological polar surface area (TPSA) is 253 Å². The van der Waals surface area contributed by atoms with Crippen molar-refractivity contribution in [3.8, 4) is 0 Å². The number of rotatable bonds is 10. The van der Waals surface area contributed by atoms with Gasteiger partial charge in [0.15, 0.2) is 0 Å². The van der Waals surface area contributed by atoms with Crippen LogP contribution in [0, 0.1) is 0 Å². The number of nitrogen functional groups attached to an aromatic ring is 2. The van der Waals surface area contributed by atoms with Gasteiger partial charge in [-0.2, -0.15) is 0 Å². The lowest BCUT2D eigenvalue weighted by Crippen LogP contribution is -2.45. The van der Waals surface area contributed by atoms with E-state index in [2.05, 4.69) is 0 Å². The fourth-order valence-corrected chi connectivity index (χ4v) is 4.66. The average Bonchev–Trinajstić information content (AvgIpc) is 3.38. The maximum absolute atomic E-state index is 12.3. The molecule has 2 unspecified atom stereocenters. The van der Waals surface area contributed by atoms with Crippen molar-refractivity contribution in [3.05, 3.63) is 58.7 Å². The predicted molar refractivity (Wildman–Crippen MR) is 141 cm³/mol. The van der Waals surface area contributed by atoms with Crippen LogP contribution in [0.4, 0.5) is 11.4 Å². The lowest BCUT2D eigenvalue weighted by Gasteiger charge is -2.24. The van der Waals surface area contributed by atoms with Crippen molar-refractivity contribution < 1.29 is 39.0 Å². The Hall–Kier alpha value is -5.14. The highest BCUT2D eigenvalue weighted by Crippen LogP contribution is 2.31. The lowest BCUT2D eigenvalue weighted by molar-refractivity contribution is -0.143. The number of primary amides is 2. The summed E-state index contributed by atoms with van der Waals surface area (Å²) in [7, 11) is 0. The average molecular weight is 555 g/mol. The maximum atomic E-state index is 12.3. The van der Waals surface area contributed by atoms with E-state index in [1.165, 1.54) is 9.80 Å². The van der Waals surface area contributed by atoms with Crippen LogP contribution < -0.4 is 22.9 Å². The normalized spacial score (nSPS) is 15.0. The monoisotopic (exact) mass is 554 g/mol. The number of hydrogen-bond acceptors (Lipinski definition) is 8. The molecule has 2 aliphatic heterocycles. The second-order valence-electron chi connectivity index (χ2n) is 9.32. The van der Waals surface area contributed by atoms with E-state index in [4.69, 9.17) is 28.0 Å².